The van der Waals surface area contributed by atoms with Gasteiger partial charge in [0, 0.05) is 31.4 Å². The average molecular weight is 222 g/mol. The highest BCUT2D eigenvalue weighted by Gasteiger charge is 2.00. The molecule has 2 aromatic heterocycles. The summed E-state index contributed by atoms with van der Waals surface area (Å²) in [7, 11) is 2.02. The van der Waals surface area contributed by atoms with E-state index in [9.17, 15) is 0 Å². The van der Waals surface area contributed by atoms with Gasteiger partial charge in [-0.15, -0.1) is 0 Å². The maximum atomic E-state index is 4.26. The van der Waals surface area contributed by atoms with Crippen LogP contribution >= 0.6 is 11.8 Å². The van der Waals surface area contributed by atoms with Crippen LogP contribution in [0, 0.1) is 0 Å². The van der Waals surface area contributed by atoms with Crippen molar-refractivity contribution in [1.82, 2.24) is 19.7 Å². The predicted molar refractivity (Wildman–Crippen MR) is 60.8 cm³/mol. The number of H-pyrrole nitrogens is 1. The molecule has 0 bridgehead atoms. The van der Waals surface area contributed by atoms with Crippen molar-refractivity contribution in [3.63, 3.8) is 0 Å². The number of nitrogens with zero attached hydrogens (tertiary/aromatic N) is 3. The van der Waals surface area contributed by atoms with E-state index < -0.39 is 0 Å². The van der Waals surface area contributed by atoms with Crippen LogP contribution in [0.1, 0.15) is 12.0 Å². The molecule has 0 saturated carbocycles. The van der Waals surface area contributed by atoms with Gasteiger partial charge in [0.2, 0.25) is 0 Å². The zero-order valence-corrected chi connectivity index (χ0v) is 9.50. The largest absolute Gasteiger partial charge is 0.329 e. The van der Waals surface area contributed by atoms with Crippen LogP contribution in [0.5, 0.6) is 0 Å². The van der Waals surface area contributed by atoms with Crippen molar-refractivity contribution in [3.8, 4) is 0 Å². The van der Waals surface area contributed by atoms with Gasteiger partial charge in [0.15, 0.2) is 5.16 Å². The van der Waals surface area contributed by atoms with E-state index in [1.807, 2.05) is 36.4 Å². The second-order valence-corrected chi connectivity index (χ2v) is 4.44. The third-order valence-electron chi connectivity index (χ3n) is 2.17. The Labute approximate surface area is 93.1 Å². The van der Waals surface area contributed by atoms with E-state index in [2.05, 4.69) is 15.2 Å². The maximum absolute atomic E-state index is 4.26. The fourth-order valence-corrected chi connectivity index (χ4v) is 2.22. The van der Waals surface area contributed by atoms with Crippen molar-refractivity contribution < 1.29 is 0 Å². The summed E-state index contributed by atoms with van der Waals surface area (Å²) in [5.41, 5.74) is 1.27. The Morgan fingerprint density at radius 1 is 1.53 bits per heavy atom. The lowest BCUT2D eigenvalue weighted by Crippen LogP contribution is -1.91. The van der Waals surface area contributed by atoms with Crippen molar-refractivity contribution in [1.29, 1.82) is 0 Å². The van der Waals surface area contributed by atoms with E-state index in [1.165, 1.54) is 5.56 Å². The molecule has 15 heavy (non-hydrogen) atoms. The maximum Gasteiger partial charge on any atom is 0.167 e. The highest BCUT2D eigenvalue weighted by molar-refractivity contribution is 7.99. The van der Waals surface area contributed by atoms with E-state index in [1.54, 1.807) is 11.8 Å². The number of aromatic amines is 1. The van der Waals surface area contributed by atoms with Gasteiger partial charge in [-0.2, -0.15) is 5.10 Å². The number of aromatic nitrogens is 4. The molecule has 0 saturated heterocycles. The zero-order valence-electron chi connectivity index (χ0n) is 8.68. The van der Waals surface area contributed by atoms with Gasteiger partial charge < -0.3 is 4.57 Å². The molecule has 4 nitrogen and oxygen atoms in total. The van der Waals surface area contributed by atoms with E-state index in [4.69, 9.17) is 0 Å². The first-order valence-electron chi connectivity index (χ1n) is 4.94. The monoisotopic (exact) mass is 222 g/mol. The van der Waals surface area contributed by atoms with Gasteiger partial charge in [-0.05, 0) is 18.4 Å². The van der Waals surface area contributed by atoms with E-state index >= 15 is 0 Å². The van der Waals surface area contributed by atoms with Crippen molar-refractivity contribution in [2.75, 3.05) is 5.75 Å². The summed E-state index contributed by atoms with van der Waals surface area (Å²) in [5.74, 6) is 1.09. The Morgan fingerprint density at radius 2 is 2.47 bits per heavy atom. The van der Waals surface area contributed by atoms with Crippen LogP contribution in [0.15, 0.2) is 29.9 Å². The molecule has 0 aromatic carbocycles. The molecular formula is C10H14N4S. The zero-order chi connectivity index (χ0) is 10.5. The normalized spacial score (nSPS) is 10.7. The van der Waals surface area contributed by atoms with Crippen LogP contribution in [0.4, 0.5) is 0 Å². The standard InChI is InChI=1S/C10H14N4S/c1-14-5-4-11-10(14)15-6-2-3-9-7-12-13-8-9/h4-5,7-8H,2-3,6H2,1H3,(H,12,13). The van der Waals surface area contributed by atoms with Gasteiger partial charge in [-0.3, -0.25) is 5.10 Å². The Morgan fingerprint density at radius 3 is 3.13 bits per heavy atom. The molecule has 0 aliphatic heterocycles. The summed E-state index contributed by atoms with van der Waals surface area (Å²) >= 11 is 1.80. The fourth-order valence-electron chi connectivity index (χ4n) is 1.35. The van der Waals surface area contributed by atoms with Gasteiger partial charge in [0.05, 0.1) is 6.20 Å². The van der Waals surface area contributed by atoms with E-state index in [0.717, 1.165) is 23.8 Å². The lowest BCUT2D eigenvalue weighted by atomic mass is 10.2. The Bertz CT molecular complexity index is 393. The lowest BCUT2D eigenvalue weighted by molar-refractivity contribution is 0.788. The summed E-state index contributed by atoms with van der Waals surface area (Å²) in [6, 6.07) is 0. The first-order valence-corrected chi connectivity index (χ1v) is 5.92. The number of hydrogen-bond donors (Lipinski definition) is 1. The Balaban J connectivity index is 1.70. The fraction of sp³-hybridized carbons (Fsp3) is 0.400. The molecule has 0 unspecified atom stereocenters. The number of imidazole rings is 1. The van der Waals surface area contributed by atoms with Crippen molar-refractivity contribution in [2.45, 2.75) is 18.0 Å². The predicted octanol–water partition coefficient (Wildman–Crippen LogP) is 1.87. The smallest absolute Gasteiger partial charge is 0.167 e. The molecule has 1 N–H and O–H groups in total. The van der Waals surface area contributed by atoms with Crippen LogP contribution in [0.25, 0.3) is 0 Å². The summed E-state index contributed by atoms with van der Waals surface area (Å²) in [5, 5.41) is 7.82. The summed E-state index contributed by atoms with van der Waals surface area (Å²) < 4.78 is 2.04. The molecule has 0 radical (unpaired) electrons. The van der Waals surface area contributed by atoms with Crippen LogP contribution in [-0.2, 0) is 13.5 Å². The molecule has 80 valence electrons. The third-order valence-corrected chi connectivity index (χ3v) is 3.32. The Kier molecular flexibility index (Phi) is 3.45. The van der Waals surface area contributed by atoms with Crippen molar-refractivity contribution >= 4 is 11.8 Å². The second kappa shape index (κ2) is 5.02. The molecule has 0 amide bonds. The number of aryl methyl sites for hydroxylation is 2. The minimum atomic E-state index is 1.08. The highest BCUT2D eigenvalue weighted by atomic mass is 32.2. The van der Waals surface area contributed by atoms with Crippen molar-refractivity contribution in [2.24, 2.45) is 7.05 Å². The topological polar surface area (TPSA) is 46.5 Å². The summed E-state index contributed by atoms with van der Waals surface area (Å²) in [4.78, 5) is 4.26. The van der Waals surface area contributed by atoms with Gasteiger partial charge >= 0.3 is 0 Å². The van der Waals surface area contributed by atoms with Crippen LogP contribution in [0.3, 0.4) is 0 Å². The summed E-state index contributed by atoms with van der Waals surface area (Å²) in [6.07, 6.45) is 9.86. The molecule has 0 aliphatic carbocycles. The second-order valence-electron chi connectivity index (χ2n) is 3.38. The SMILES string of the molecule is Cn1ccnc1SCCCc1cn[nH]c1. The molecule has 0 aliphatic rings. The first-order chi connectivity index (χ1) is 7.36. The molecule has 2 rings (SSSR count). The van der Waals surface area contributed by atoms with Crippen LogP contribution < -0.4 is 0 Å². The lowest BCUT2D eigenvalue weighted by Gasteiger charge is -2.00. The quantitative estimate of drug-likeness (QED) is 0.620. The average Bonchev–Trinajstić information content (AvgIpc) is 2.85. The summed E-state index contributed by atoms with van der Waals surface area (Å²) in [6.45, 7) is 0. The van der Waals surface area contributed by atoms with Crippen LogP contribution in [-0.4, -0.2) is 25.5 Å². The Hall–Kier alpha value is -1.23. The van der Waals surface area contributed by atoms with Gasteiger partial charge in [-0.25, -0.2) is 4.98 Å². The first kappa shape index (κ1) is 10.3. The molecule has 0 fully saturated rings. The molecule has 0 spiro atoms. The third kappa shape index (κ3) is 2.86. The number of hydrogen-bond acceptors (Lipinski definition) is 3. The van der Waals surface area contributed by atoms with Crippen LogP contribution in [0.2, 0.25) is 0 Å². The minimum absolute atomic E-state index is 1.08. The van der Waals surface area contributed by atoms with E-state index in [-0.39, 0.29) is 0 Å². The molecule has 0 atom stereocenters. The van der Waals surface area contributed by atoms with E-state index in [0.29, 0.717) is 0 Å². The molecule has 5 heteroatoms. The molecule has 2 aromatic rings. The van der Waals surface area contributed by atoms with Gasteiger partial charge in [0.25, 0.3) is 0 Å². The number of rotatable bonds is 5. The highest BCUT2D eigenvalue weighted by Crippen LogP contribution is 2.16. The number of nitrogens with one attached hydrogen (secondary N) is 1. The molecule has 2 heterocycles. The minimum Gasteiger partial charge on any atom is -0.329 e. The van der Waals surface area contributed by atoms with Gasteiger partial charge in [-0.1, -0.05) is 11.8 Å². The number of thioether (sulfide) groups is 1. The molecular weight excluding hydrogens is 208 g/mol. The van der Waals surface area contributed by atoms with Gasteiger partial charge in [0.1, 0.15) is 0 Å². The van der Waals surface area contributed by atoms with Crippen molar-refractivity contribution in [3.05, 3.63) is 30.4 Å².